The molecule has 0 N–H and O–H groups in total. The summed E-state index contributed by atoms with van der Waals surface area (Å²) in [5, 5.41) is 4.56. The summed E-state index contributed by atoms with van der Waals surface area (Å²) in [4.78, 5) is 33.0. The maximum atomic E-state index is 11.9. The molecule has 0 amide bonds. The molecule has 0 bridgehead atoms. The first-order valence-electron chi connectivity index (χ1n) is 7.79. The number of thiazole rings is 1. The quantitative estimate of drug-likeness (QED) is 0.339. The largest absolute Gasteiger partial charge is 0.465 e. The van der Waals surface area contributed by atoms with Gasteiger partial charge < -0.3 is 4.74 Å². The summed E-state index contributed by atoms with van der Waals surface area (Å²) < 4.78 is 5.19. The fraction of sp³-hybridized carbons (Fsp3) is 0.222. The van der Waals surface area contributed by atoms with Crippen LogP contribution in [0, 0.1) is 0 Å². The van der Waals surface area contributed by atoms with E-state index in [1.165, 1.54) is 22.7 Å². The average molecular weight is 372 g/mol. The van der Waals surface area contributed by atoms with Crippen molar-refractivity contribution in [2.75, 3.05) is 6.61 Å². The summed E-state index contributed by atoms with van der Waals surface area (Å²) in [6.45, 7) is 0.246. The maximum Gasteiger partial charge on any atom is 0.311 e. The zero-order chi connectivity index (χ0) is 17.5. The van der Waals surface area contributed by atoms with Crippen LogP contribution < -0.4 is 0 Å². The summed E-state index contributed by atoms with van der Waals surface area (Å²) in [6, 6.07) is 7.44. The van der Waals surface area contributed by atoms with E-state index in [1.54, 1.807) is 18.5 Å². The second-order valence-electron chi connectivity index (χ2n) is 5.29. The number of esters is 1. The molecule has 5 nitrogen and oxygen atoms in total. The lowest BCUT2D eigenvalue weighted by molar-refractivity contribution is -0.142. The number of carbonyl (C=O) groups excluding carboxylic acids is 2. The van der Waals surface area contributed by atoms with E-state index in [4.69, 9.17) is 4.74 Å². The third-order valence-corrected chi connectivity index (χ3v) is 5.24. The number of ketones is 1. The Morgan fingerprint density at radius 2 is 2.08 bits per heavy atom. The molecule has 0 aliphatic heterocycles. The third kappa shape index (κ3) is 5.04. The van der Waals surface area contributed by atoms with Gasteiger partial charge in [-0.15, -0.1) is 22.7 Å². The van der Waals surface area contributed by atoms with Gasteiger partial charge in [-0.2, -0.15) is 0 Å². The molecule has 3 aromatic heterocycles. The van der Waals surface area contributed by atoms with E-state index in [-0.39, 0.29) is 24.8 Å². The van der Waals surface area contributed by atoms with E-state index < -0.39 is 0 Å². The zero-order valence-electron chi connectivity index (χ0n) is 13.4. The number of hydrogen-bond acceptors (Lipinski definition) is 7. The Morgan fingerprint density at radius 1 is 1.16 bits per heavy atom. The Hall–Kier alpha value is -2.38. The first-order valence-corrected chi connectivity index (χ1v) is 9.55. The molecule has 0 aromatic carbocycles. The van der Waals surface area contributed by atoms with Crippen LogP contribution in [0.1, 0.15) is 28.2 Å². The summed E-state index contributed by atoms with van der Waals surface area (Å²) in [5.74, 6) is -0.238. The molecule has 3 heterocycles. The Balaban J connectivity index is 1.41. The topological polar surface area (TPSA) is 69.2 Å². The molecule has 0 saturated carbocycles. The number of carbonyl (C=O) groups is 2. The zero-order valence-corrected chi connectivity index (χ0v) is 15.0. The van der Waals surface area contributed by atoms with Gasteiger partial charge in [-0.1, -0.05) is 6.07 Å². The second kappa shape index (κ2) is 8.64. The summed E-state index contributed by atoms with van der Waals surface area (Å²) in [7, 11) is 0. The van der Waals surface area contributed by atoms with Crippen LogP contribution in [0.2, 0.25) is 0 Å². The van der Waals surface area contributed by atoms with Crippen LogP contribution in [-0.4, -0.2) is 28.3 Å². The highest BCUT2D eigenvalue weighted by Crippen LogP contribution is 2.22. The van der Waals surface area contributed by atoms with Crippen molar-refractivity contribution in [3.05, 3.63) is 58.0 Å². The number of nitrogens with zero attached hydrogens (tertiary/aromatic N) is 2. The summed E-state index contributed by atoms with van der Waals surface area (Å²) in [5.41, 5.74) is 1.61. The van der Waals surface area contributed by atoms with Gasteiger partial charge in [-0.05, 0) is 30.0 Å². The molecule has 0 unspecified atom stereocenters. The Kier molecular flexibility index (Phi) is 6.03. The SMILES string of the molecule is O=C(Cc1csc(-c2cccnc2)n1)OCCCC(=O)c1cccs1. The fourth-order valence-electron chi connectivity index (χ4n) is 2.19. The van der Waals surface area contributed by atoms with Crippen molar-refractivity contribution in [1.29, 1.82) is 0 Å². The molecule has 0 aliphatic carbocycles. The highest BCUT2D eigenvalue weighted by Gasteiger charge is 2.11. The van der Waals surface area contributed by atoms with Gasteiger partial charge in [0.05, 0.1) is 23.6 Å². The Labute approximate surface area is 153 Å². The van der Waals surface area contributed by atoms with E-state index >= 15 is 0 Å². The summed E-state index contributed by atoms with van der Waals surface area (Å²) in [6.07, 6.45) is 4.50. The predicted molar refractivity (Wildman–Crippen MR) is 97.9 cm³/mol. The average Bonchev–Trinajstić information content (AvgIpc) is 3.31. The molecular formula is C18H16N2O3S2. The van der Waals surface area contributed by atoms with Crippen LogP contribution in [0.4, 0.5) is 0 Å². The minimum atomic E-state index is -0.327. The van der Waals surface area contributed by atoms with Crippen LogP contribution in [0.5, 0.6) is 0 Å². The van der Waals surface area contributed by atoms with Crippen molar-refractivity contribution in [3.63, 3.8) is 0 Å². The minimum Gasteiger partial charge on any atom is -0.465 e. The number of hydrogen-bond donors (Lipinski definition) is 0. The van der Waals surface area contributed by atoms with Gasteiger partial charge in [0.2, 0.25) is 0 Å². The number of rotatable bonds is 8. The monoisotopic (exact) mass is 372 g/mol. The van der Waals surface area contributed by atoms with Crippen LogP contribution in [0.25, 0.3) is 10.6 Å². The van der Waals surface area contributed by atoms with E-state index in [0.29, 0.717) is 18.5 Å². The Bertz CT molecular complexity index is 829. The predicted octanol–water partition coefficient (Wildman–Crippen LogP) is 4.02. The Morgan fingerprint density at radius 3 is 2.84 bits per heavy atom. The third-order valence-electron chi connectivity index (χ3n) is 3.39. The normalized spacial score (nSPS) is 10.6. The molecule has 3 rings (SSSR count). The van der Waals surface area contributed by atoms with Gasteiger partial charge in [0.25, 0.3) is 0 Å². The van der Waals surface area contributed by atoms with Crippen LogP contribution >= 0.6 is 22.7 Å². The second-order valence-corrected chi connectivity index (χ2v) is 7.09. The maximum absolute atomic E-state index is 11.9. The first kappa shape index (κ1) is 17.4. The van der Waals surface area contributed by atoms with Gasteiger partial charge in [0.15, 0.2) is 5.78 Å². The van der Waals surface area contributed by atoms with Crippen molar-refractivity contribution in [2.24, 2.45) is 0 Å². The van der Waals surface area contributed by atoms with Gasteiger partial charge in [-0.25, -0.2) is 4.98 Å². The van der Waals surface area contributed by atoms with Gasteiger partial charge in [-0.3, -0.25) is 14.6 Å². The molecule has 25 heavy (non-hydrogen) atoms. The first-order chi connectivity index (χ1) is 12.2. The summed E-state index contributed by atoms with van der Waals surface area (Å²) >= 11 is 2.90. The lowest BCUT2D eigenvalue weighted by atomic mass is 10.2. The van der Waals surface area contributed by atoms with Gasteiger partial charge in [0, 0.05) is 29.8 Å². The van der Waals surface area contributed by atoms with Gasteiger partial charge in [0.1, 0.15) is 5.01 Å². The molecule has 0 aliphatic rings. The molecule has 128 valence electrons. The molecule has 0 spiro atoms. The van der Waals surface area contributed by atoms with Crippen LogP contribution in [0.15, 0.2) is 47.4 Å². The number of thiophene rings is 1. The molecule has 7 heteroatoms. The number of Topliss-reactive ketones (excluding diaryl/α,β-unsaturated/α-hetero) is 1. The minimum absolute atomic E-state index is 0.0895. The number of ether oxygens (including phenoxy) is 1. The molecule has 3 aromatic rings. The molecular weight excluding hydrogens is 356 g/mol. The smallest absolute Gasteiger partial charge is 0.311 e. The highest BCUT2D eigenvalue weighted by atomic mass is 32.1. The van der Waals surface area contributed by atoms with E-state index in [1.807, 2.05) is 29.0 Å². The van der Waals surface area contributed by atoms with Crippen molar-refractivity contribution < 1.29 is 14.3 Å². The van der Waals surface area contributed by atoms with Crippen LogP contribution in [-0.2, 0) is 16.0 Å². The van der Waals surface area contributed by atoms with Crippen molar-refractivity contribution >= 4 is 34.4 Å². The number of pyridine rings is 1. The molecule has 0 fully saturated rings. The fourth-order valence-corrected chi connectivity index (χ4v) is 3.69. The van der Waals surface area contributed by atoms with Crippen molar-refractivity contribution in [3.8, 4) is 10.6 Å². The molecule has 0 saturated heterocycles. The van der Waals surface area contributed by atoms with Gasteiger partial charge >= 0.3 is 5.97 Å². The van der Waals surface area contributed by atoms with Crippen LogP contribution in [0.3, 0.4) is 0 Å². The standard InChI is InChI=1S/C18H16N2O3S2/c21-15(16-6-3-9-24-16)5-2-8-23-17(22)10-14-12-25-18(20-14)13-4-1-7-19-11-13/h1,3-4,6-7,9,11-12H,2,5,8,10H2. The lowest BCUT2D eigenvalue weighted by Gasteiger charge is -2.03. The van der Waals surface area contributed by atoms with E-state index in [0.717, 1.165) is 15.4 Å². The van der Waals surface area contributed by atoms with Crippen molar-refractivity contribution in [1.82, 2.24) is 9.97 Å². The highest BCUT2D eigenvalue weighted by molar-refractivity contribution is 7.13. The lowest BCUT2D eigenvalue weighted by Crippen LogP contribution is -2.10. The molecule has 0 atom stereocenters. The number of aromatic nitrogens is 2. The van der Waals surface area contributed by atoms with E-state index in [2.05, 4.69) is 9.97 Å². The molecule has 0 radical (unpaired) electrons. The van der Waals surface area contributed by atoms with Crippen molar-refractivity contribution in [2.45, 2.75) is 19.3 Å². The van der Waals surface area contributed by atoms with E-state index in [9.17, 15) is 9.59 Å².